The highest BCUT2D eigenvalue weighted by Gasteiger charge is 2.23. The number of nitrogens with zero attached hydrogens (tertiary/aromatic N) is 1. The van der Waals surface area contributed by atoms with Gasteiger partial charge in [-0.3, -0.25) is 9.59 Å². The topological polar surface area (TPSA) is 82.0 Å². The highest BCUT2D eigenvalue weighted by atomic mass is 16.2. The molecule has 2 rings (SSSR count). The van der Waals surface area contributed by atoms with Crippen LogP contribution in [0.1, 0.15) is 16.7 Å². The third-order valence-corrected chi connectivity index (χ3v) is 3.24. The number of rotatable bonds is 4. The number of carbonyl (C=O) groups is 2. The highest BCUT2D eigenvalue weighted by molar-refractivity contribution is 5.90. The number of nitriles is 1. The van der Waals surface area contributed by atoms with Crippen molar-refractivity contribution in [3.8, 4) is 6.07 Å². The summed E-state index contributed by atoms with van der Waals surface area (Å²) in [4.78, 5) is 22.6. The highest BCUT2D eigenvalue weighted by Crippen LogP contribution is 2.23. The standard InChI is InChI=1S/C15H15N3O2/c1-2-14(19)17-9-15(20)18-13-6-11-4-3-10(8-16)5-12(11)7-13/h2-5,13H,1,6-7,9H2,(H,17,19)(H,18,20). The van der Waals surface area contributed by atoms with Gasteiger partial charge in [-0.25, -0.2) is 0 Å². The van der Waals surface area contributed by atoms with Crippen LogP contribution in [-0.4, -0.2) is 24.4 Å². The summed E-state index contributed by atoms with van der Waals surface area (Å²) in [7, 11) is 0. The molecule has 0 radical (unpaired) electrons. The number of fused-ring (bicyclic) bond motifs is 1. The maximum Gasteiger partial charge on any atom is 0.243 e. The van der Waals surface area contributed by atoms with E-state index in [1.54, 1.807) is 6.07 Å². The van der Waals surface area contributed by atoms with Crippen LogP contribution in [0.4, 0.5) is 0 Å². The molecule has 1 aromatic rings. The van der Waals surface area contributed by atoms with E-state index in [1.807, 2.05) is 12.1 Å². The maximum atomic E-state index is 11.7. The molecule has 2 amide bonds. The average Bonchev–Trinajstić information content (AvgIpc) is 2.85. The molecule has 1 atom stereocenters. The Bertz CT molecular complexity index is 602. The molecule has 1 unspecified atom stereocenters. The second kappa shape index (κ2) is 6.02. The van der Waals surface area contributed by atoms with Gasteiger partial charge >= 0.3 is 0 Å². The first-order valence-electron chi connectivity index (χ1n) is 6.34. The molecule has 0 aromatic heterocycles. The fourth-order valence-electron chi connectivity index (χ4n) is 2.31. The fraction of sp³-hybridized carbons (Fsp3) is 0.267. The summed E-state index contributed by atoms with van der Waals surface area (Å²) in [6, 6.07) is 7.70. The van der Waals surface area contributed by atoms with Crippen molar-refractivity contribution in [2.75, 3.05) is 6.54 Å². The lowest BCUT2D eigenvalue weighted by molar-refractivity contribution is -0.124. The first-order valence-corrected chi connectivity index (χ1v) is 6.34. The van der Waals surface area contributed by atoms with Crippen molar-refractivity contribution < 1.29 is 9.59 Å². The van der Waals surface area contributed by atoms with Gasteiger partial charge in [-0.15, -0.1) is 0 Å². The van der Waals surface area contributed by atoms with Gasteiger partial charge in [0.25, 0.3) is 0 Å². The van der Waals surface area contributed by atoms with Gasteiger partial charge in [0.2, 0.25) is 11.8 Å². The number of carbonyl (C=O) groups excluding carboxylic acids is 2. The van der Waals surface area contributed by atoms with Crippen molar-refractivity contribution in [3.05, 3.63) is 47.5 Å². The van der Waals surface area contributed by atoms with Gasteiger partial charge in [-0.1, -0.05) is 12.6 Å². The zero-order chi connectivity index (χ0) is 14.5. The zero-order valence-electron chi connectivity index (χ0n) is 11.0. The SMILES string of the molecule is C=CC(=O)NCC(=O)NC1Cc2ccc(C#N)cc2C1. The van der Waals surface area contributed by atoms with Crippen molar-refractivity contribution in [3.63, 3.8) is 0 Å². The number of nitrogens with one attached hydrogen (secondary N) is 2. The van der Waals surface area contributed by atoms with Crippen LogP contribution in [0.2, 0.25) is 0 Å². The predicted octanol–water partition coefficient (Wildman–Crippen LogP) is 0.444. The second-order valence-electron chi connectivity index (χ2n) is 4.69. The minimum Gasteiger partial charge on any atom is -0.351 e. The summed E-state index contributed by atoms with van der Waals surface area (Å²) in [5.74, 6) is -0.591. The van der Waals surface area contributed by atoms with Crippen molar-refractivity contribution in [1.82, 2.24) is 10.6 Å². The van der Waals surface area contributed by atoms with Crippen LogP contribution in [0, 0.1) is 11.3 Å². The Balaban J connectivity index is 1.88. The van der Waals surface area contributed by atoms with Gasteiger partial charge in [0, 0.05) is 6.04 Å². The molecule has 0 heterocycles. The Hall–Kier alpha value is -2.61. The summed E-state index contributed by atoms with van der Waals surface area (Å²) in [6.45, 7) is 3.26. The lowest BCUT2D eigenvalue weighted by atomic mass is 10.1. The third kappa shape index (κ3) is 3.23. The Morgan fingerprint density at radius 2 is 2.15 bits per heavy atom. The third-order valence-electron chi connectivity index (χ3n) is 3.24. The lowest BCUT2D eigenvalue weighted by Crippen LogP contribution is -2.42. The van der Waals surface area contributed by atoms with E-state index in [4.69, 9.17) is 5.26 Å². The molecular weight excluding hydrogens is 254 g/mol. The molecule has 5 heteroatoms. The molecule has 0 aliphatic heterocycles. The van der Waals surface area contributed by atoms with Crippen LogP contribution >= 0.6 is 0 Å². The first-order chi connectivity index (χ1) is 9.62. The molecule has 102 valence electrons. The average molecular weight is 269 g/mol. The summed E-state index contributed by atoms with van der Waals surface area (Å²) >= 11 is 0. The number of hydrogen-bond donors (Lipinski definition) is 2. The second-order valence-corrected chi connectivity index (χ2v) is 4.69. The molecule has 5 nitrogen and oxygen atoms in total. The van der Waals surface area contributed by atoms with Crippen molar-refractivity contribution >= 4 is 11.8 Å². The number of hydrogen-bond acceptors (Lipinski definition) is 3. The van der Waals surface area contributed by atoms with E-state index in [2.05, 4.69) is 23.3 Å². The van der Waals surface area contributed by atoms with E-state index in [-0.39, 0.29) is 24.4 Å². The Morgan fingerprint density at radius 3 is 2.85 bits per heavy atom. The molecule has 20 heavy (non-hydrogen) atoms. The van der Waals surface area contributed by atoms with Crippen LogP contribution in [0.25, 0.3) is 0 Å². The van der Waals surface area contributed by atoms with E-state index in [0.717, 1.165) is 23.6 Å². The lowest BCUT2D eigenvalue weighted by Gasteiger charge is -2.12. The number of amides is 2. The molecule has 0 saturated heterocycles. The van der Waals surface area contributed by atoms with E-state index in [9.17, 15) is 9.59 Å². The molecular formula is C15H15N3O2. The van der Waals surface area contributed by atoms with Gasteiger partial charge in [0.1, 0.15) is 0 Å². The van der Waals surface area contributed by atoms with Crippen molar-refractivity contribution in [2.45, 2.75) is 18.9 Å². The molecule has 2 N–H and O–H groups in total. The van der Waals surface area contributed by atoms with E-state index in [1.165, 1.54) is 0 Å². The molecule has 0 spiro atoms. The van der Waals surface area contributed by atoms with Gasteiger partial charge in [-0.05, 0) is 42.2 Å². The van der Waals surface area contributed by atoms with Crippen LogP contribution in [-0.2, 0) is 22.4 Å². The summed E-state index contributed by atoms with van der Waals surface area (Å²) in [5.41, 5.74) is 2.89. The smallest absolute Gasteiger partial charge is 0.243 e. The minimum atomic E-state index is -0.367. The normalized spacial score (nSPS) is 15.8. The zero-order valence-corrected chi connectivity index (χ0v) is 11.0. The molecule has 1 aromatic carbocycles. The fourth-order valence-corrected chi connectivity index (χ4v) is 2.31. The van der Waals surface area contributed by atoms with E-state index >= 15 is 0 Å². The largest absolute Gasteiger partial charge is 0.351 e. The van der Waals surface area contributed by atoms with Gasteiger partial charge < -0.3 is 10.6 Å². The van der Waals surface area contributed by atoms with Crippen LogP contribution in [0.3, 0.4) is 0 Å². The van der Waals surface area contributed by atoms with Crippen LogP contribution in [0.15, 0.2) is 30.9 Å². The Labute approximate surface area is 117 Å². The molecule has 0 fully saturated rings. The van der Waals surface area contributed by atoms with E-state index in [0.29, 0.717) is 12.0 Å². The van der Waals surface area contributed by atoms with Crippen molar-refractivity contribution in [1.29, 1.82) is 5.26 Å². The summed E-state index contributed by atoms with van der Waals surface area (Å²) in [6.07, 6.45) is 2.59. The first kappa shape index (κ1) is 13.8. The number of benzene rings is 1. The molecule has 0 saturated carbocycles. The van der Waals surface area contributed by atoms with Gasteiger partial charge in [0.05, 0.1) is 18.2 Å². The monoisotopic (exact) mass is 269 g/mol. The van der Waals surface area contributed by atoms with Crippen LogP contribution in [0.5, 0.6) is 0 Å². The Kier molecular flexibility index (Phi) is 4.16. The summed E-state index contributed by atoms with van der Waals surface area (Å²) < 4.78 is 0. The molecule has 1 aliphatic carbocycles. The molecule has 1 aliphatic rings. The van der Waals surface area contributed by atoms with E-state index < -0.39 is 0 Å². The minimum absolute atomic E-state index is 0.0204. The van der Waals surface area contributed by atoms with Gasteiger partial charge in [-0.2, -0.15) is 5.26 Å². The Morgan fingerprint density at radius 1 is 1.40 bits per heavy atom. The van der Waals surface area contributed by atoms with Gasteiger partial charge in [0.15, 0.2) is 0 Å². The van der Waals surface area contributed by atoms with Crippen LogP contribution < -0.4 is 10.6 Å². The predicted molar refractivity (Wildman–Crippen MR) is 73.7 cm³/mol. The van der Waals surface area contributed by atoms with Crippen molar-refractivity contribution in [2.24, 2.45) is 0 Å². The maximum absolute atomic E-state index is 11.7. The quantitative estimate of drug-likeness (QED) is 0.778. The molecule has 0 bridgehead atoms. The summed E-state index contributed by atoms with van der Waals surface area (Å²) in [5, 5.41) is 14.2.